The van der Waals surface area contributed by atoms with Gasteiger partial charge in [0.25, 0.3) is 0 Å². The van der Waals surface area contributed by atoms with Gasteiger partial charge in [0.15, 0.2) is 0 Å². The maximum atomic E-state index is 5.42. The quantitative estimate of drug-likeness (QED) is 0.0972. The van der Waals surface area contributed by atoms with Crippen molar-refractivity contribution in [3.8, 4) is 5.75 Å². The van der Waals surface area contributed by atoms with Crippen LogP contribution < -0.4 is 4.74 Å². The molecular formula is C52H46O. The molecule has 53 heavy (non-hydrogen) atoms. The fourth-order valence-corrected chi connectivity index (χ4v) is 6.93. The topological polar surface area (TPSA) is 9.23 Å². The maximum Gasteiger partial charge on any atom is 0.118 e. The summed E-state index contributed by atoms with van der Waals surface area (Å²) in [4.78, 5) is 0. The number of ether oxygens (including phenoxy) is 1. The lowest BCUT2D eigenvalue weighted by atomic mass is 9.84. The highest BCUT2D eigenvalue weighted by molar-refractivity contribution is 5.73. The third kappa shape index (κ3) is 8.83. The second-order valence-corrected chi connectivity index (χ2v) is 14.0. The van der Waals surface area contributed by atoms with Gasteiger partial charge in [-0.05, 0) is 88.5 Å². The standard InChI is InChI=1S/C52H46O/c1-37-5-23-44(24-6-37)51(45-25-7-38(2)8-26-45)47-29-19-42(20-30-47)17-15-40-11-13-41(14-12-40)16-18-43-21-31-48(32-22-43)52(46-27-9-39(3)10-28-46)49-33-35-50(53-4)36-34-49/h5-36,51-52H,1-4H3. The van der Waals surface area contributed by atoms with Gasteiger partial charge in [0.1, 0.15) is 5.75 Å². The maximum absolute atomic E-state index is 5.42. The zero-order chi connectivity index (χ0) is 36.6. The van der Waals surface area contributed by atoms with Gasteiger partial charge in [-0.3, -0.25) is 0 Å². The van der Waals surface area contributed by atoms with Crippen LogP contribution in [0.1, 0.15) is 84.2 Å². The van der Waals surface area contributed by atoms with Gasteiger partial charge in [0.2, 0.25) is 0 Å². The highest BCUT2D eigenvalue weighted by Gasteiger charge is 2.18. The minimum Gasteiger partial charge on any atom is -0.497 e. The van der Waals surface area contributed by atoms with E-state index in [0.29, 0.717) is 0 Å². The van der Waals surface area contributed by atoms with Crippen LogP contribution in [0.25, 0.3) is 24.3 Å². The van der Waals surface area contributed by atoms with Crippen molar-refractivity contribution in [2.75, 3.05) is 7.11 Å². The average Bonchev–Trinajstić information content (AvgIpc) is 3.20. The van der Waals surface area contributed by atoms with Gasteiger partial charge in [0.05, 0.1) is 7.11 Å². The van der Waals surface area contributed by atoms with Crippen LogP contribution in [-0.4, -0.2) is 7.11 Å². The van der Waals surface area contributed by atoms with Gasteiger partial charge in [-0.2, -0.15) is 0 Å². The summed E-state index contributed by atoms with van der Waals surface area (Å²) in [7, 11) is 1.71. The molecule has 1 nitrogen and oxygen atoms in total. The monoisotopic (exact) mass is 686 g/mol. The Kier molecular flexibility index (Phi) is 10.9. The summed E-state index contributed by atoms with van der Waals surface area (Å²) in [5.74, 6) is 1.21. The van der Waals surface area contributed by atoms with E-state index in [1.165, 1.54) is 72.3 Å². The lowest BCUT2D eigenvalue weighted by Crippen LogP contribution is -2.03. The number of hydrogen-bond donors (Lipinski definition) is 0. The molecule has 0 aliphatic heterocycles. The second-order valence-electron chi connectivity index (χ2n) is 14.0. The molecule has 0 fully saturated rings. The molecule has 7 rings (SSSR count). The lowest BCUT2D eigenvalue weighted by Gasteiger charge is -2.20. The molecule has 0 aliphatic carbocycles. The van der Waals surface area contributed by atoms with E-state index < -0.39 is 0 Å². The molecule has 0 N–H and O–H groups in total. The fourth-order valence-electron chi connectivity index (χ4n) is 6.93. The molecule has 1 unspecified atom stereocenters. The van der Waals surface area contributed by atoms with Crippen molar-refractivity contribution in [3.05, 3.63) is 242 Å². The first-order valence-electron chi connectivity index (χ1n) is 18.4. The zero-order valence-electron chi connectivity index (χ0n) is 31.0. The number of aryl methyl sites for hydroxylation is 3. The lowest BCUT2D eigenvalue weighted by molar-refractivity contribution is 0.414. The van der Waals surface area contributed by atoms with Gasteiger partial charge in [-0.1, -0.05) is 199 Å². The van der Waals surface area contributed by atoms with Crippen molar-refractivity contribution in [1.82, 2.24) is 0 Å². The van der Waals surface area contributed by atoms with E-state index in [4.69, 9.17) is 4.74 Å². The Morgan fingerprint density at radius 1 is 0.302 bits per heavy atom. The van der Waals surface area contributed by atoms with E-state index >= 15 is 0 Å². The molecule has 0 heterocycles. The van der Waals surface area contributed by atoms with Crippen molar-refractivity contribution in [2.45, 2.75) is 32.6 Å². The molecule has 0 bridgehead atoms. The van der Waals surface area contributed by atoms with Crippen molar-refractivity contribution in [1.29, 1.82) is 0 Å². The molecule has 7 aromatic carbocycles. The molecule has 0 spiro atoms. The smallest absolute Gasteiger partial charge is 0.118 e. The van der Waals surface area contributed by atoms with Gasteiger partial charge in [0, 0.05) is 11.8 Å². The van der Waals surface area contributed by atoms with Crippen LogP contribution in [0.3, 0.4) is 0 Å². The summed E-state index contributed by atoms with van der Waals surface area (Å²) in [5, 5.41) is 0. The van der Waals surface area contributed by atoms with Crippen molar-refractivity contribution in [2.24, 2.45) is 0 Å². The molecule has 0 aliphatic rings. The fraction of sp³-hybridized carbons (Fsp3) is 0.115. The van der Waals surface area contributed by atoms with Gasteiger partial charge in [-0.15, -0.1) is 0 Å². The first-order chi connectivity index (χ1) is 25.9. The van der Waals surface area contributed by atoms with E-state index in [0.717, 1.165) is 5.75 Å². The van der Waals surface area contributed by atoms with Crippen LogP contribution in [0.5, 0.6) is 5.75 Å². The predicted molar refractivity (Wildman–Crippen MR) is 226 cm³/mol. The predicted octanol–water partition coefficient (Wildman–Crippen LogP) is 13.3. The van der Waals surface area contributed by atoms with E-state index in [2.05, 4.69) is 203 Å². The molecule has 0 saturated carbocycles. The van der Waals surface area contributed by atoms with Crippen molar-refractivity contribution < 1.29 is 4.74 Å². The summed E-state index contributed by atoms with van der Waals surface area (Å²) in [6.45, 7) is 6.41. The largest absolute Gasteiger partial charge is 0.497 e. The first kappa shape index (κ1) is 35.2. The molecule has 0 radical (unpaired) electrons. The Morgan fingerprint density at radius 2 is 0.509 bits per heavy atom. The Hall–Kier alpha value is -6.18. The van der Waals surface area contributed by atoms with Crippen molar-refractivity contribution in [3.63, 3.8) is 0 Å². The number of benzene rings is 7. The SMILES string of the molecule is COc1ccc(C(c2ccc(C)cc2)c2ccc(C=Cc3ccc(C=Cc4ccc(C(c5ccc(C)cc5)c5ccc(C)cc5)cc4)cc3)cc2)cc1. The molecule has 7 aromatic rings. The summed E-state index contributed by atoms with van der Waals surface area (Å²) in [6.07, 6.45) is 8.75. The van der Waals surface area contributed by atoms with Crippen LogP contribution in [-0.2, 0) is 0 Å². The second kappa shape index (κ2) is 16.4. The Bertz CT molecular complexity index is 2230. The molecule has 0 aromatic heterocycles. The van der Waals surface area contributed by atoms with E-state index in [1.54, 1.807) is 7.11 Å². The summed E-state index contributed by atoms with van der Waals surface area (Å²) in [6, 6.07) is 61.8. The van der Waals surface area contributed by atoms with E-state index in [-0.39, 0.29) is 11.8 Å². The minimum atomic E-state index is 0.146. The van der Waals surface area contributed by atoms with Crippen LogP contribution in [0.2, 0.25) is 0 Å². The third-order valence-electron chi connectivity index (χ3n) is 10.1. The van der Waals surface area contributed by atoms with Crippen molar-refractivity contribution >= 4 is 24.3 Å². The summed E-state index contributed by atoms with van der Waals surface area (Å²) < 4.78 is 5.42. The highest BCUT2D eigenvalue weighted by atomic mass is 16.5. The highest BCUT2D eigenvalue weighted by Crippen LogP contribution is 2.34. The molecule has 260 valence electrons. The number of methoxy groups -OCH3 is 1. The van der Waals surface area contributed by atoms with Crippen LogP contribution in [0.15, 0.2) is 170 Å². The molecule has 0 amide bonds. The van der Waals surface area contributed by atoms with E-state index in [1.807, 2.05) is 12.1 Å². The zero-order valence-corrected chi connectivity index (χ0v) is 31.0. The van der Waals surface area contributed by atoms with Gasteiger partial charge >= 0.3 is 0 Å². The van der Waals surface area contributed by atoms with Crippen LogP contribution >= 0.6 is 0 Å². The third-order valence-corrected chi connectivity index (χ3v) is 10.1. The van der Waals surface area contributed by atoms with E-state index in [9.17, 15) is 0 Å². The molecule has 0 saturated heterocycles. The minimum absolute atomic E-state index is 0.146. The van der Waals surface area contributed by atoms with Gasteiger partial charge in [-0.25, -0.2) is 0 Å². The molecule has 1 atom stereocenters. The Morgan fingerprint density at radius 3 is 0.755 bits per heavy atom. The number of rotatable bonds is 11. The Labute approximate surface area is 315 Å². The summed E-state index contributed by atoms with van der Waals surface area (Å²) in [5.41, 5.74) is 16.2. The molecular weight excluding hydrogens is 641 g/mol. The molecule has 1 heteroatoms. The number of hydrogen-bond acceptors (Lipinski definition) is 1. The normalized spacial score (nSPS) is 12.1. The summed E-state index contributed by atoms with van der Waals surface area (Å²) >= 11 is 0. The average molecular weight is 687 g/mol. The van der Waals surface area contributed by atoms with Gasteiger partial charge < -0.3 is 4.74 Å². The first-order valence-corrected chi connectivity index (χ1v) is 18.4. The van der Waals surface area contributed by atoms with Crippen LogP contribution in [0, 0.1) is 20.8 Å². The Balaban J connectivity index is 1.02. The van der Waals surface area contributed by atoms with Crippen LogP contribution in [0.4, 0.5) is 0 Å².